The van der Waals surface area contributed by atoms with Gasteiger partial charge in [0, 0.05) is 0 Å². The second-order valence-electron chi connectivity index (χ2n) is 3.31. The van der Waals surface area contributed by atoms with Crippen LogP contribution in [0.2, 0.25) is 0 Å². The van der Waals surface area contributed by atoms with E-state index >= 15 is 0 Å². The third kappa shape index (κ3) is 1.71. The van der Waals surface area contributed by atoms with E-state index in [0.29, 0.717) is 0 Å². The second-order valence-corrected chi connectivity index (χ2v) is 4.13. The molecule has 1 unspecified atom stereocenters. The molecule has 0 saturated heterocycles. The molecule has 1 atom stereocenters. The van der Waals surface area contributed by atoms with Crippen LogP contribution in [0.3, 0.4) is 0 Å². The lowest BCUT2D eigenvalue weighted by Crippen LogP contribution is -2.11. The lowest BCUT2D eigenvalue weighted by molar-refractivity contribution is 0.151. The zero-order valence-electron chi connectivity index (χ0n) is 7.66. The zero-order valence-corrected chi connectivity index (χ0v) is 8.47. The molecule has 0 saturated carbocycles. The predicted molar refractivity (Wildman–Crippen MR) is 53.9 cm³/mol. The first-order valence-corrected chi connectivity index (χ1v) is 5.75. The van der Waals surface area contributed by atoms with Crippen LogP contribution in [0.25, 0.3) is 0 Å². The zero-order chi connectivity index (χ0) is 9.26. The van der Waals surface area contributed by atoms with E-state index in [9.17, 15) is 5.11 Å². The van der Waals surface area contributed by atoms with Crippen LogP contribution in [0, 0.1) is 0 Å². The number of thioether (sulfide) groups is 1. The van der Waals surface area contributed by atoms with E-state index in [2.05, 4.69) is 11.1 Å². The van der Waals surface area contributed by atoms with Gasteiger partial charge in [0.25, 0.3) is 0 Å². The summed E-state index contributed by atoms with van der Waals surface area (Å²) in [5.41, 5.74) is 2.12. The summed E-state index contributed by atoms with van der Waals surface area (Å²) in [6.07, 6.45) is 4.67. The monoisotopic (exact) mass is 195 g/mol. The Bertz CT molecular complexity index is 314. The van der Waals surface area contributed by atoms with Gasteiger partial charge >= 0.3 is 0 Å². The lowest BCUT2D eigenvalue weighted by atomic mass is 9.94. The molecule has 0 fully saturated rings. The quantitative estimate of drug-likeness (QED) is 0.697. The summed E-state index contributed by atoms with van der Waals surface area (Å²) in [6.45, 7) is 0. The minimum Gasteiger partial charge on any atom is -0.387 e. The fourth-order valence-electron chi connectivity index (χ4n) is 1.72. The van der Waals surface area contributed by atoms with Gasteiger partial charge in [-0.3, -0.25) is 0 Å². The molecule has 3 heteroatoms. The van der Waals surface area contributed by atoms with Gasteiger partial charge in [-0.05, 0) is 37.1 Å². The van der Waals surface area contributed by atoms with Crippen LogP contribution in [-0.4, -0.2) is 16.3 Å². The van der Waals surface area contributed by atoms with Crippen molar-refractivity contribution in [3.05, 3.63) is 23.4 Å². The molecule has 0 amide bonds. The van der Waals surface area contributed by atoms with Gasteiger partial charge in [0.1, 0.15) is 0 Å². The Balaban J connectivity index is 2.41. The van der Waals surface area contributed by atoms with E-state index in [1.54, 1.807) is 11.8 Å². The second kappa shape index (κ2) is 3.68. The number of aryl methyl sites for hydroxylation is 1. The molecule has 1 N–H and O–H groups in total. The van der Waals surface area contributed by atoms with Crippen molar-refractivity contribution in [1.29, 1.82) is 0 Å². The standard InChI is InChI=1S/C10H13NOS/c1-13-9-6-5-7-3-2-4-8(12)10(7)11-9/h5-6,8,12H,2-4H2,1H3. The Kier molecular flexibility index (Phi) is 2.56. The van der Waals surface area contributed by atoms with E-state index in [0.717, 1.165) is 30.0 Å². The number of hydrogen-bond acceptors (Lipinski definition) is 3. The number of hydrogen-bond donors (Lipinski definition) is 1. The average Bonchev–Trinajstić information content (AvgIpc) is 2.18. The molecular weight excluding hydrogens is 182 g/mol. The van der Waals surface area contributed by atoms with Gasteiger partial charge in [0.2, 0.25) is 0 Å². The fourth-order valence-corrected chi connectivity index (χ4v) is 2.11. The Hall–Kier alpha value is -0.540. The Labute approximate surface area is 82.4 Å². The highest BCUT2D eigenvalue weighted by atomic mass is 32.2. The molecule has 70 valence electrons. The van der Waals surface area contributed by atoms with Gasteiger partial charge < -0.3 is 5.11 Å². The van der Waals surface area contributed by atoms with E-state index < -0.39 is 0 Å². The van der Waals surface area contributed by atoms with Crippen LogP contribution in [0.15, 0.2) is 17.2 Å². The molecule has 1 aliphatic rings. The van der Waals surface area contributed by atoms with Crippen molar-refractivity contribution in [3.8, 4) is 0 Å². The molecule has 1 aromatic heterocycles. The molecular formula is C10H13NOS. The van der Waals surface area contributed by atoms with Gasteiger partial charge in [-0.15, -0.1) is 11.8 Å². The van der Waals surface area contributed by atoms with Crippen molar-refractivity contribution < 1.29 is 5.11 Å². The summed E-state index contributed by atoms with van der Waals surface area (Å²) in [6, 6.07) is 4.12. The van der Waals surface area contributed by atoms with E-state index in [1.165, 1.54) is 5.56 Å². The largest absolute Gasteiger partial charge is 0.387 e. The van der Waals surface area contributed by atoms with Crippen LogP contribution in [0.1, 0.15) is 30.2 Å². The molecule has 0 aliphatic heterocycles. The Morgan fingerprint density at radius 3 is 3.15 bits per heavy atom. The van der Waals surface area contributed by atoms with Gasteiger partial charge in [-0.1, -0.05) is 6.07 Å². The number of pyridine rings is 1. The van der Waals surface area contributed by atoms with Gasteiger partial charge in [-0.2, -0.15) is 0 Å². The average molecular weight is 195 g/mol. The molecule has 1 aromatic rings. The molecule has 1 aliphatic carbocycles. The number of nitrogens with zero attached hydrogens (tertiary/aromatic N) is 1. The fraction of sp³-hybridized carbons (Fsp3) is 0.500. The molecule has 0 aromatic carbocycles. The lowest BCUT2D eigenvalue weighted by Gasteiger charge is -2.20. The van der Waals surface area contributed by atoms with Crippen LogP contribution >= 0.6 is 11.8 Å². The van der Waals surface area contributed by atoms with Gasteiger partial charge in [0.15, 0.2) is 0 Å². The summed E-state index contributed by atoms with van der Waals surface area (Å²) in [5, 5.41) is 10.7. The molecule has 0 bridgehead atoms. The molecule has 0 radical (unpaired) electrons. The third-order valence-electron chi connectivity index (χ3n) is 2.44. The Morgan fingerprint density at radius 2 is 2.38 bits per heavy atom. The smallest absolute Gasteiger partial charge is 0.0963 e. The predicted octanol–water partition coefficient (Wildman–Crippen LogP) is 2.17. The van der Waals surface area contributed by atoms with Crippen molar-refractivity contribution in [1.82, 2.24) is 4.98 Å². The normalized spacial score (nSPS) is 21.2. The minimum absolute atomic E-state index is 0.337. The molecule has 2 rings (SSSR count). The van der Waals surface area contributed by atoms with Crippen molar-refractivity contribution in [2.75, 3.05) is 6.26 Å². The number of aliphatic hydroxyl groups is 1. The number of aromatic nitrogens is 1. The minimum atomic E-state index is -0.337. The van der Waals surface area contributed by atoms with Crippen molar-refractivity contribution in [2.45, 2.75) is 30.4 Å². The maximum absolute atomic E-state index is 9.71. The van der Waals surface area contributed by atoms with Crippen molar-refractivity contribution >= 4 is 11.8 Å². The third-order valence-corrected chi connectivity index (χ3v) is 3.08. The first-order valence-electron chi connectivity index (χ1n) is 4.53. The first-order chi connectivity index (χ1) is 6.31. The molecule has 13 heavy (non-hydrogen) atoms. The van der Waals surface area contributed by atoms with Crippen molar-refractivity contribution in [3.63, 3.8) is 0 Å². The van der Waals surface area contributed by atoms with E-state index in [4.69, 9.17) is 0 Å². The summed E-state index contributed by atoms with van der Waals surface area (Å²) < 4.78 is 0. The summed E-state index contributed by atoms with van der Waals surface area (Å²) in [7, 11) is 0. The summed E-state index contributed by atoms with van der Waals surface area (Å²) >= 11 is 1.62. The number of rotatable bonds is 1. The molecule has 0 spiro atoms. The van der Waals surface area contributed by atoms with Crippen LogP contribution < -0.4 is 0 Å². The molecule has 1 heterocycles. The van der Waals surface area contributed by atoms with E-state index in [-0.39, 0.29) is 6.10 Å². The number of fused-ring (bicyclic) bond motifs is 1. The van der Waals surface area contributed by atoms with Gasteiger partial charge in [0.05, 0.1) is 16.8 Å². The maximum atomic E-state index is 9.71. The highest BCUT2D eigenvalue weighted by Gasteiger charge is 2.19. The first kappa shape index (κ1) is 9.03. The Morgan fingerprint density at radius 1 is 1.54 bits per heavy atom. The highest BCUT2D eigenvalue weighted by Crippen LogP contribution is 2.29. The van der Waals surface area contributed by atoms with E-state index in [1.807, 2.05) is 12.3 Å². The number of aliphatic hydroxyl groups excluding tert-OH is 1. The highest BCUT2D eigenvalue weighted by molar-refractivity contribution is 7.98. The van der Waals surface area contributed by atoms with Crippen LogP contribution in [-0.2, 0) is 6.42 Å². The van der Waals surface area contributed by atoms with Crippen LogP contribution in [0.4, 0.5) is 0 Å². The SMILES string of the molecule is CSc1ccc2c(n1)C(O)CCC2. The summed E-state index contributed by atoms with van der Waals surface area (Å²) in [4.78, 5) is 4.43. The summed E-state index contributed by atoms with van der Waals surface area (Å²) in [5.74, 6) is 0. The van der Waals surface area contributed by atoms with Crippen LogP contribution in [0.5, 0.6) is 0 Å². The molecule has 2 nitrogen and oxygen atoms in total. The van der Waals surface area contributed by atoms with Crippen molar-refractivity contribution in [2.24, 2.45) is 0 Å². The maximum Gasteiger partial charge on any atom is 0.0963 e. The van der Waals surface area contributed by atoms with Gasteiger partial charge in [-0.25, -0.2) is 4.98 Å². The topological polar surface area (TPSA) is 33.1 Å².